The summed E-state index contributed by atoms with van der Waals surface area (Å²) in [7, 11) is 1.68. The van der Waals surface area contributed by atoms with Crippen molar-refractivity contribution in [1.29, 1.82) is 0 Å². The van der Waals surface area contributed by atoms with Gasteiger partial charge in [0.2, 0.25) is 0 Å². The van der Waals surface area contributed by atoms with E-state index in [9.17, 15) is 0 Å². The molecule has 0 atom stereocenters. The zero-order valence-electron chi connectivity index (χ0n) is 13.7. The van der Waals surface area contributed by atoms with Gasteiger partial charge in [-0.2, -0.15) is 0 Å². The van der Waals surface area contributed by atoms with Gasteiger partial charge in [-0.25, -0.2) is 9.97 Å². The fraction of sp³-hybridized carbons (Fsp3) is 0.750. The van der Waals surface area contributed by atoms with Crippen molar-refractivity contribution in [1.82, 2.24) is 9.97 Å². The van der Waals surface area contributed by atoms with Crippen molar-refractivity contribution in [2.75, 3.05) is 30.4 Å². The second-order valence-electron chi connectivity index (χ2n) is 6.16. The summed E-state index contributed by atoms with van der Waals surface area (Å²) in [5, 5.41) is 3.37. The summed E-state index contributed by atoms with van der Waals surface area (Å²) >= 11 is 0. The van der Waals surface area contributed by atoms with Crippen LogP contribution in [0.1, 0.15) is 45.9 Å². The maximum atomic E-state index is 5.21. The fourth-order valence-corrected chi connectivity index (χ4v) is 2.38. The van der Waals surface area contributed by atoms with Crippen LogP contribution < -0.4 is 10.2 Å². The lowest BCUT2D eigenvalue weighted by molar-refractivity contribution is 0.178. The summed E-state index contributed by atoms with van der Waals surface area (Å²) in [5.41, 5.74) is 0. The Kier molecular flexibility index (Phi) is 5.79. The number of nitrogens with one attached hydrogen (secondary N) is 1. The maximum absolute atomic E-state index is 5.21. The Morgan fingerprint density at radius 3 is 2.71 bits per heavy atom. The van der Waals surface area contributed by atoms with Gasteiger partial charge < -0.3 is 15.0 Å². The van der Waals surface area contributed by atoms with Gasteiger partial charge in [-0.05, 0) is 25.2 Å². The van der Waals surface area contributed by atoms with Crippen LogP contribution >= 0.6 is 0 Å². The van der Waals surface area contributed by atoms with Crippen LogP contribution in [0, 0.1) is 5.92 Å². The van der Waals surface area contributed by atoms with Crippen LogP contribution in [0.25, 0.3) is 0 Å². The first kappa shape index (κ1) is 16.0. The van der Waals surface area contributed by atoms with Gasteiger partial charge in [0.1, 0.15) is 18.2 Å². The monoisotopic (exact) mass is 292 g/mol. The Bertz CT molecular complexity index is 446. The molecule has 0 bridgehead atoms. The molecule has 5 heteroatoms. The average molecular weight is 292 g/mol. The Balaban J connectivity index is 2.23. The minimum Gasteiger partial charge on any atom is -0.377 e. The molecule has 0 radical (unpaired) electrons. The standard InChI is InChI=1S/C16H28N4O/c1-5-8-17-14-9-16(19-15(18-14)11-21-4)20(10-12(2)3)13-6-7-13/h9,12-13H,5-8,10-11H2,1-4H3,(H,17,18,19). The van der Waals surface area contributed by atoms with E-state index in [-0.39, 0.29) is 0 Å². The summed E-state index contributed by atoms with van der Waals surface area (Å²) in [6.07, 6.45) is 3.62. The normalized spacial score (nSPS) is 14.5. The SMILES string of the molecule is CCCNc1cc(N(CC(C)C)C2CC2)nc(COC)n1. The molecule has 5 nitrogen and oxygen atoms in total. The average Bonchev–Trinajstić information content (AvgIpc) is 3.27. The van der Waals surface area contributed by atoms with E-state index in [4.69, 9.17) is 9.72 Å². The van der Waals surface area contributed by atoms with Gasteiger partial charge in [0.15, 0.2) is 5.82 Å². The molecule has 0 aliphatic heterocycles. The Morgan fingerprint density at radius 1 is 1.38 bits per heavy atom. The largest absolute Gasteiger partial charge is 0.377 e. The molecule has 1 N–H and O–H groups in total. The van der Waals surface area contributed by atoms with Gasteiger partial charge in [0.05, 0.1) is 0 Å². The van der Waals surface area contributed by atoms with Crippen LogP contribution in [-0.4, -0.2) is 36.2 Å². The minimum absolute atomic E-state index is 0.453. The molecule has 0 amide bonds. The Hall–Kier alpha value is -1.36. The summed E-state index contributed by atoms with van der Waals surface area (Å²) in [5.74, 6) is 3.32. The van der Waals surface area contributed by atoms with E-state index in [1.165, 1.54) is 12.8 Å². The van der Waals surface area contributed by atoms with Crippen LogP contribution in [-0.2, 0) is 11.3 Å². The molecule has 1 aliphatic carbocycles. The first-order chi connectivity index (χ1) is 10.1. The van der Waals surface area contributed by atoms with Crippen molar-refractivity contribution in [2.24, 2.45) is 5.92 Å². The molecule has 1 saturated carbocycles. The van der Waals surface area contributed by atoms with Crippen molar-refractivity contribution in [3.8, 4) is 0 Å². The molecule has 1 heterocycles. The van der Waals surface area contributed by atoms with Crippen LogP contribution in [0.4, 0.5) is 11.6 Å². The zero-order valence-corrected chi connectivity index (χ0v) is 13.7. The van der Waals surface area contributed by atoms with Crippen molar-refractivity contribution in [3.05, 3.63) is 11.9 Å². The third kappa shape index (κ3) is 4.84. The molecule has 1 aromatic rings. The van der Waals surface area contributed by atoms with E-state index in [0.29, 0.717) is 18.6 Å². The Morgan fingerprint density at radius 2 is 2.14 bits per heavy atom. The summed E-state index contributed by atoms with van der Waals surface area (Å²) in [6.45, 7) is 9.08. The van der Waals surface area contributed by atoms with Gasteiger partial charge in [-0.3, -0.25) is 0 Å². The summed E-state index contributed by atoms with van der Waals surface area (Å²) in [6, 6.07) is 2.73. The number of rotatable bonds is 9. The summed E-state index contributed by atoms with van der Waals surface area (Å²) in [4.78, 5) is 11.7. The molecule has 0 unspecified atom stereocenters. The number of hydrogen-bond acceptors (Lipinski definition) is 5. The highest BCUT2D eigenvalue weighted by molar-refractivity contribution is 5.51. The number of hydrogen-bond donors (Lipinski definition) is 1. The third-order valence-electron chi connectivity index (χ3n) is 3.43. The van der Waals surface area contributed by atoms with Crippen LogP contribution in [0.5, 0.6) is 0 Å². The highest BCUT2D eigenvalue weighted by Gasteiger charge is 2.30. The van der Waals surface area contributed by atoms with Crippen molar-refractivity contribution in [3.63, 3.8) is 0 Å². The molecule has 0 saturated heterocycles. The van der Waals surface area contributed by atoms with E-state index in [1.54, 1.807) is 7.11 Å². The summed E-state index contributed by atoms with van der Waals surface area (Å²) < 4.78 is 5.21. The topological polar surface area (TPSA) is 50.3 Å². The van der Waals surface area contributed by atoms with Crippen molar-refractivity contribution in [2.45, 2.75) is 52.7 Å². The van der Waals surface area contributed by atoms with E-state index in [0.717, 1.165) is 37.0 Å². The predicted molar refractivity (Wildman–Crippen MR) is 86.7 cm³/mol. The third-order valence-corrected chi connectivity index (χ3v) is 3.43. The molecule has 1 aromatic heterocycles. The molecule has 0 aromatic carbocycles. The number of nitrogens with zero attached hydrogens (tertiary/aromatic N) is 3. The second kappa shape index (κ2) is 7.59. The van der Waals surface area contributed by atoms with Gasteiger partial charge in [0, 0.05) is 32.3 Å². The van der Waals surface area contributed by atoms with E-state index in [2.05, 4.69) is 42.0 Å². The molecule has 0 spiro atoms. The molecule has 118 valence electrons. The molecular weight excluding hydrogens is 264 g/mol. The smallest absolute Gasteiger partial charge is 0.158 e. The van der Waals surface area contributed by atoms with E-state index >= 15 is 0 Å². The molecule has 1 fully saturated rings. The van der Waals surface area contributed by atoms with Crippen LogP contribution in [0.3, 0.4) is 0 Å². The van der Waals surface area contributed by atoms with Gasteiger partial charge in [-0.15, -0.1) is 0 Å². The fourth-order valence-electron chi connectivity index (χ4n) is 2.38. The van der Waals surface area contributed by atoms with Gasteiger partial charge >= 0.3 is 0 Å². The highest BCUT2D eigenvalue weighted by Crippen LogP contribution is 2.32. The quantitative estimate of drug-likeness (QED) is 0.758. The molecule has 21 heavy (non-hydrogen) atoms. The number of methoxy groups -OCH3 is 1. The molecular formula is C16H28N4O. The predicted octanol–water partition coefficient (Wildman–Crippen LogP) is 3.07. The first-order valence-corrected chi connectivity index (χ1v) is 8.01. The lowest BCUT2D eigenvalue weighted by Crippen LogP contribution is -2.31. The lowest BCUT2D eigenvalue weighted by Gasteiger charge is -2.26. The van der Waals surface area contributed by atoms with Crippen LogP contribution in [0.2, 0.25) is 0 Å². The molecule has 2 rings (SSSR count). The highest BCUT2D eigenvalue weighted by atomic mass is 16.5. The number of aromatic nitrogens is 2. The van der Waals surface area contributed by atoms with Crippen molar-refractivity contribution >= 4 is 11.6 Å². The van der Waals surface area contributed by atoms with Crippen molar-refractivity contribution < 1.29 is 4.74 Å². The minimum atomic E-state index is 0.453. The first-order valence-electron chi connectivity index (χ1n) is 8.01. The van der Waals surface area contributed by atoms with Gasteiger partial charge in [0.25, 0.3) is 0 Å². The van der Waals surface area contributed by atoms with Crippen LogP contribution in [0.15, 0.2) is 6.07 Å². The van der Waals surface area contributed by atoms with E-state index in [1.807, 2.05) is 0 Å². The second-order valence-corrected chi connectivity index (χ2v) is 6.16. The number of anilines is 2. The maximum Gasteiger partial charge on any atom is 0.158 e. The lowest BCUT2D eigenvalue weighted by atomic mass is 10.2. The van der Waals surface area contributed by atoms with E-state index < -0.39 is 0 Å². The molecule has 1 aliphatic rings. The van der Waals surface area contributed by atoms with Gasteiger partial charge in [-0.1, -0.05) is 20.8 Å². The Labute approximate surface area is 128 Å². The number of ether oxygens (including phenoxy) is 1. The zero-order chi connectivity index (χ0) is 15.2.